The molecule has 0 aliphatic carbocycles. The van der Waals surface area contributed by atoms with Gasteiger partial charge in [-0.1, -0.05) is 6.07 Å². The molecule has 2 rings (SSSR count). The minimum atomic E-state index is -0.522. The second-order valence-corrected chi connectivity index (χ2v) is 3.58. The minimum Gasteiger partial charge on any atom is -0.493 e. The summed E-state index contributed by atoms with van der Waals surface area (Å²) in [5.41, 5.74) is 0.923. The van der Waals surface area contributed by atoms with Gasteiger partial charge >= 0.3 is 6.03 Å². The fraction of sp³-hybridized carbons (Fsp3) is 0.167. The van der Waals surface area contributed by atoms with E-state index >= 15 is 0 Å². The molecule has 0 radical (unpaired) electrons. The predicted molar refractivity (Wildman–Crippen MR) is 64.2 cm³/mol. The average molecular weight is 248 g/mol. The normalized spacial score (nSPS) is 16.4. The third-order valence-corrected chi connectivity index (χ3v) is 2.44. The number of amides is 3. The second kappa shape index (κ2) is 4.79. The number of hydrogen-bond acceptors (Lipinski definition) is 4. The van der Waals surface area contributed by atoms with Crippen LogP contribution in [0.25, 0.3) is 6.08 Å². The maximum atomic E-state index is 11.3. The van der Waals surface area contributed by atoms with E-state index in [0.717, 1.165) is 5.56 Å². The Balaban J connectivity index is 2.32. The first-order chi connectivity index (χ1) is 8.63. The molecule has 0 aromatic heterocycles. The molecule has 94 valence electrons. The van der Waals surface area contributed by atoms with Crippen molar-refractivity contribution in [3.05, 3.63) is 29.5 Å². The lowest BCUT2D eigenvalue weighted by atomic mass is 10.1. The molecule has 18 heavy (non-hydrogen) atoms. The molecule has 2 N–H and O–H groups in total. The molecule has 1 fully saturated rings. The van der Waals surface area contributed by atoms with Gasteiger partial charge in [0.05, 0.1) is 14.2 Å². The van der Waals surface area contributed by atoms with Crippen molar-refractivity contribution in [3.63, 3.8) is 0 Å². The lowest BCUT2D eigenvalue weighted by Crippen LogP contribution is -2.22. The van der Waals surface area contributed by atoms with Gasteiger partial charge < -0.3 is 14.8 Å². The number of hydrogen-bond donors (Lipinski definition) is 2. The first kappa shape index (κ1) is 12.0. The highest BCUT2D eigenvalue weighted by Gasteiger charge is 2.22. The Morgan fingerprint density at radius 3 is 2.33 bits per heavy atom. The highest BCUT2D eigenvalue weighted by atomic mass is 16.5. The number of carbonyl (C=O) groups excluding carboxylic acids is 2. The maximum absolute atomic E-state index is 11.3. The SMILES string of the molecule is COc1ccc(/C=C2/NC(=O)NC2=O)cc1OC. The summed E-state index contributed by atoms with van der Waals surface area (Å²) < 4.78 is 10.3. The zero-order chi connectivity index (χ0) is 13.1. The molecule has 0 saturated carbocycles. The van der Waals surface area contributed by atoms with Crippen molar-refractivity contribution in [2.75, 3.05) is 14.2 Å². The van der Waals surface area contributed by atoms with Gasteiger partial charge in [-0.05, 0) is 23.8 Å². The topological polar surface area (TPSA) is 76.7 Å². The Morgan fingerprint density at radius 2 is 1.78 bits per heavy atom. The summed E-state index contributed by atoms with van der Waals surface area (Å²) in [7, 11) is 3.07. The van der Waals surface area contributed by atoms with Crippen LogP contribution in [-0.2, 0) is 4.79 Å². The van der Waals surface area contributed by atoms with Crippen molar-refractivity contribution in [2.45, 2.75) is 0 Å². The zero-order valence-electron chi connectivity index (χ0n) is 9.94. The van der Waals surface area contributed by atoms with Gasteiger partial charge in [-0.3, -0.25) is 10.1 Å². The molecule has 0 spiro atoms. The third-order valence-electron chi connectivity index (χ3n) is 2.44. The third kappa shape index (κ3) is 2.27. The minimum absolute atomic E-state index is 0.201. The molecular weight excluding hydrogens is 236 g/mol. The smallest absolute Gasteiger partial charge is 0.326 e. The highest BCUT2D eigenvalue weighted by molar-refractivity contribution is 6.13. The van der Waals surface area contributed by atoms with Crippen LogP contribution in [-0.4, -0.2) is 26.2 Å². The summed E-state index contributed by atoms with van der Waals surface area (Å²) in [6.07, 6.45) is 1.56. The Bertz CT molecular complexity index is 537. The van der Waals surface area contributed by atoms with Gasteiger partial charge in [0, 0.05) is 0 Å². The number of imide groups is 1. The molecule has 3 amide bonds. The van der Waals surface area contributed by atoms with Crippen molar-refractivity contribution < 1.29 is 19.1 Å². The van der Waals surface area contributed by atoms with Crippen molar-refractivity contribution in [2.24, 2.45) is 0 Å². The van der Waals surface area contributed by atoms with Crippen LogP contribution in [0.4, 0.5) is 4.79 Å². The van der Waals surface area contributed by atoms with E-state index in [-0.39, 0.29) is 5.70 Å². The number of rotatable bonds is 3. The quantitative estimate of drug-likeness (QED) is 0.615. The van der Waals surface area contributed by atoms with Crippen LogP contribution in [0.2, 0.25) is 0 Å². The van der Waals surface area contributed by atoms with E-state index in [1.165, 1.54) is 7.11 Å². The van der Waals surface area contributed by atoms with Crippen molar-refractivity contribution in [3.8, 4) is 11.5 Å². The lowest BCUT2D eigenvalue weighted by Gasteiger charge is -2.07. The van der Waals surface area contributed by atoms with Gasteiger partial charge in [0.15, 0.2) is 11.5 Å². The Kier molecular flexibility index (Phi) is 3.18. The number of urea groups is 1. The number of nitrogens with one attached hydrogen (secondary N) is 2. The van der Waals surface area contributed by atoms with Crippen LogP contribution in [0.15, 0.2) is 23.9 Å². The number of ether oxygens (including phenoxy) is 2. The van der Waals surface area contributed by atoms with E-state index in [0.29, 0.717) is 11.5 Å². The van der Waals surface area contributed by atoms with Gasteiger partial charge in [0.2, 0.25) is 0 Å². The first-order valence-electron chi connectivity index (χ1n) is 5.20. The molecule has 6 nitrogen and oxygen atoms in total. The molecular formula is C12H12N2O4. The molecule has 0 bridgehead atoms. The number of carbonyl (C=O) groups is 2. The summed E-state index contributed by atoms with van der Waals surface area (Å²) in [6.45, 7) is 0. The van der Waals surface area contributed by atoms with E-state index in [9.17, 15) is 9.59 Å². The van der Waals surface area contributed by atoms with Crippen LogP contribution in [0.5, 0.6) is 11.5 Å². The van der Waals surface area contributed by atoms with Crippen molar-refractivity contribution >= 4 is 18.0 Å². The standard InChI is InChI=1S/C12H12N2O4/c1-17-9-4-3-7(6-10(9)18-2)5-8-11(15)14-12(16)13-8/h3-6H,1-2H3,(H2,13,14,15,16)/b8-5+. The summed E-state index contributed by atoms with van der Waals surface area (Å²) in [6, 6.07) is 4.67. The van der Waals surface area contributed by atoms with Crippen molar-refractivity contribution in [1.29, 1.82) is 0 Å². The highest BCUT2D eigenvalue weighted by Crippen LogP contribution is 2.28. The summed E-state index contributed by atoms with van der Waals surface area (Å²) in [5, 5.41) is 4.53. The Hall–Kier alpha value is -2.50. The van der Waals surface area contributed by atoms with E-state index in [4.69, 9.17) is 9.47 Å². The fourth-order valence-electron chi connectivity index (χ4n) is 1.59. The molecule has 1 heterocycles. The molecule has 6 heteroatoms. The van der Waals surface area contributed by atoms with Gasteiger partial charge in [0.25, 0.3) is 5.91 Å². The zero-order valence-corrected chi connectivity index (χ0v) is 9.94. The summed E-state index contributed by atoms with van der Waals surface area (Å²) >= 11 is 0. The van der Waals surface area contributed by atoms with Crippen LogP contribution < -0.4 is 20.1 Å². The Morgan fingerprint density at radius 1 is 1.06 bits per heavy atom. The second-order valence-electron chi connectivity index (χ2n) is 3.58. The van der Waals surface area contributed by atoms with Gasteiger partial charge in [-0.25, -0.2) is 4.79 Å². The molecule has 0 unspecified atom stereocenters. The average Bonchev–Trinajstić information content (AvgIpc) is 2.67. The monoisotopic (exact) mass is 248 g/mol. The molecule has 1 aromatic rings. The van der Waals surface area contributed by atoms with E-state index in [1.54, 1.807) is 31.4 Å². The van der Waals surface area contributed by atoms with Gasteiger partial charge in [0.1, 0.15) is 5.70 Å². The fourth-order valence-corrected chi connectivity index (χ4v) is 1.59. The summed E-state index contributed by atoms with van der Waals surface area (Å²) in [4.78, 5) is 22.3. The van der Waals surface area contributed by atoms with E-state index in [2.05, 4.69) is 10.6 Å². The van der Waals surface area contributed by atoms with Gasteiger partial charge in [-0.15, -0.1) is 0 Å². The van der Waals surface area contributed by atoms with E-state index < -0.39 is 11.9 Å². The molecule has 1 aliphatic heterocycles. The van der Waals surface area contributed by atoms with Crippen molar-refractivity contribution in [1.82, 2.24) is 10.6 Å². The van der Waals surface area contributed by atoms with Crippen LogP contribution >= 0.6 is 0 Å². The predicted octanol–water partition coefficient (Wildman–Crippen LogP) is 0.884. The van der Waals surface area contributed by atoms with Gasteiger partial charge in [-0.2, -0.15) is 0 Å². The largest absolute Gasteiger partial charge is 0.493 e. The maximum Gasteiger partial charge on any atom is 0.326 e. The van der Waals surface area contributed by atoms with Crippen LogP contribution in [0.3, 0.4) is 0 Å². The lowest BCUT2D eigenvalue weighted by molar-refractivity contribution is -0.115. The number of benzene rings is 1. The molecule has 1 aromatic carbocycles. The van der Waals surface area contributed by atoms with Crippen LogP contribution in [0, 0.1) is 0 Å². The molecule has 1 saturated heterocycles. The first-order valence-corrected chi connectivity index (χ1v) is 5.20. The van der Waals surface area contributed by atoms with Crippen LogP contribution in [0.1, 0.15) is 5.56 Å². The number of methoxy groups -OCH3 is 2. The summed E-state index contributed by atoms with van der Waals surface area (Å²) in [5.74, 6) is 0.700. The Labute approximate surface area is 104 Å². The van der Waals surface area contributed by atoms with E-state index in [1.807, 2.05) is 0 Å². The molecule has 1 aliphatic rings. The molecule has 0 atom stereocenters.